The van der Waals surface area contributed by atoms with Crippen LogP contribution in [-0.4, -0.2) is 25.1 Å². The number of nitrogen functional groups attached to an aromatic ring is 1. The molecule has 0 amide bonds. The number of nitrogens with zero attached hydrogens (tertiary/aromatic N) is 1. The second-order valence-electron chi connectivity index (χ2n) is 4.31. The lowest BCUT2D eigenvalue weighted by atomic mass is 10.1. The Morgan fingerprint density at radius 1 is 1.43 bits per heavy atom. The molecule has 2 aromatic rings. The lowest BCUT2D eigenvalue weighted by molar-refractivity contribution is 0.478. The monoisotopic (exact) mass is 328 g/mol. The lowest BCUT2D eigenvalue weighted by Crippen LogP contribution is -2.30. The first-order chi connectivity index (χ1) is 9.91. The van der Waals surface area contributed by atoms with Crippen molar-refractivity contribution in [3.63, 3.8) is 0 Å². The highest BCUT2D eigenvalue weighted by molar-refractivity contribution is 7.91. The summed E-state index contributed by atoms with van der Waals surface area (Å²) < 4.78 is 28.1. The fraction of sp³-hybridized carbons (Fsp3) is 0.250. The van der Waals surface area contributed by atoms with Crippen LogP contribution in [0, 0.1) is 0 Å². The topological polar surface area (TPSA) is 117 Å². The number of nitrogens with one attached hydrogen (secondary N) is 2. The maximum Gasteiger partial charge on any atom is 0.300 e. The number of thiazole rings is 1. The average Bonchev–Trinajstić information content (AvgIpc) is 2.87. The zero-order chi connectivity index (χ0) is 15.5. The van der Waals surface area contributed by atoms with Gasteiger partial charge in [-0.2, -0.15) is 13.1 Å². The normalized spacial score (nSPS) is 11.5. The van der Waals surface area contributed by atoms with Gasteiger partial charge in [0.15, 0.2) is 5.13 Å². The van der Waals surface area contributed by atoms with Crippen molar-refractivity contribution < 1.29 is 13.5 Å². The van der Waals surface area contributed by atoms with Crippen molar-refractivity contribution >= 4 is 32.4 Å². The third-order valence-electron chi connectivity index (χ3n) is 2.59. The van der Waals surface area contributed by atoms with E-state index in [1.807, 2.05) is 6.92 Å². The minimum absolute atomic E-state index is 0.00123. The summed E-state index contributed by atoms with van der Waals surface area (Å²) in [6.07, 6.45) is 0.705. The van der Waals surface area contributed by atoms with E-state index in [0.29, 0.717) is 24.2 Å². The zero-order valence-electron chi connectivity index (χ0n) is 11.3. The standard InChI is InChI=1S/C12H16N4O3S2/c1-2-5-14-21(18,19)16-12-15-10(7-20-12)8-3-4-11(17)9(13)6-8/h3-4,6-7,14,17H,2,5,13H2,1H3,(H,15,16). The molecule has 114 valence electrons. The summed E-state index contributed by atoms with van der Waals surface area (Å²) in [5, 5.41) is 11.4. The highest BCUT2D eigenvalue weighted by atomic mass is 32.2. The molecule has 0 fully saturated rings. The molecule has 0 aliphatic carbocycles. The molecule has 0 saturated carbocycles. The quantitative estimate of drug-likeness (QED) is 0.476. The van der Waals surface area contributed by atoms with Crippen molar-refractivity contribution in [2.24, 2.45) is 0 Å². The van der Waals surface area contributed by atoms with E-state index in [1.165, 1.54) is 17.4 Å². The van der Waals surface area contributed by atoms with Gasteiger partial charge in [-0.15, -0.1) is 11.3 Å². The summed E-state index contributed by atoms with van der Waals surface area (Å²) in [5.41, 5.74) is 7.15. The van der Waals surface area contributed by atoms with Crippen molar-refractivity contribution in [2.45, 2.75) is 13.3 Å². The summed E-state index contributed by atoms with van der Waals surface area (Å²) in [7, 11) is -3.60. The molecule has 0 bridgehead atoms. The number of anilines is 2. The molecular formula is C12H16N4O3S2. The Bertz CT molecular complexity index is 728. The number of rotatable bonds is 6. The number of phenols is 1. The van der Waals surface area contributed by atoms with Gasteiger partial charge in [0, 0.05) is 17.5 Å². The number of hydrogen-bond acceptors (Lipinski definition) is 6. The predicted octanol–water partition coefficient (Wildman–Crippen LogP) is 1.75. The number of benzene rings is 1. The van der Waals surface area contributed by atoms with Gasteiger partial charge >= 0.3 is 10.2 Å². The highest BCUT2D eigenvalue weighted by Crippen LogP contribution is 2.29. The average molecular weight is 328 g/mol. The molecule has 2 rings (SSSR count). The van der Waals surface area contributed by atoms with E-state index in [4.69, 9.17) is 5.73 Å². The summed E-state index contributed by atoms with van der Waals surface area (Å²) in [5.74, 6) is -0.00123. The first-order valence-corrected chi connectivity index (χ1v) is 8.59. The van der Waals surface area contributed by atoms with Crippen LogP contribution >= 0.6 is 11.3 Å². The van der Waals surface area contributed by atoms with E-state index in [9.17, 15) is 13.5 Å². The first kappa shape index (κ1) is 15.5. The zero-order valence-corrected chi connectivity index (χ0v) is 13.0. The van der Waals surface area contributed by atoms with Gasteiger partial charge in [0.05, 0.1) is 11.4 Å². The van der Waals surface area contributed by atoms with Crippen LogP contribution in [0.3, 0.4) is 0 Å². The Hall–Kier alpha value is -1.84. The fourth-order valence-electron chi connectivity index (χ4n) is 1.55. The second kappa shape index (κ2) is 6.29. The Morgan fingerprint density at radius 2 is 2.19 bits per heavy atom. The molecule has 0 saturated heterocycles. The van der Waals surface area contributed by atoms with Gasteiger partial charge in [0.2, 0.25) is 0 Å². The van der Waals surface area contributed by atoms with E-state index in [-0.39, 0.29) is 16.6 Å². The van der Waals surface area contributed by atoms with Gasteiger partial charge in [-0.05, 0) is 24.6 Å². The van der Waals surface area contributed by atoms with Crippen molar-refractivity contribution in [3.8, 4) is 17.0 Å². The fourth-order valence-corrected chi connectivity index (χ4v) is 3.46. The van der Waals surface area contributed by atoms with Crippen LogP contribution < -0.4 is 15.2 Å². The molecular weight excluding hydrogens is 312 g/mol. The number of nitrogens with two attached hydrogens (primary N) is 1. The largest absolute Gasteiger partial charge is 0.506 e. The number of hydrogen-bond donors (Lipinski definition) is 4. The minimum atomic E-state index is -3.60. The van der Waals surface area contributed by atoms with Crippen LogP contribution in [0.2, 0.25) is 0 Å². The summed E-state index contributed by atoms with van der Waals surface area (Å²) in [6.45, 7) is 2.24. The Morgan fingerprint density at radius 3 is 2.86 bits per heavy atom. The summed E-state index contributed by atoms with van der Waals surface area (Å²) in [6, 6.07) is 4.71. The van der Waals surface area contributed by atoms with E-state index in [0.717, 1.165) is 0 Å². The Kier molecular flexibility index (Phi) is 4.66. The van der Waals surface area contributed by atoms with Gasteiger partial charge in [-0.3, -0.25) is 0 Å². The first-order valence-electron chi connectivity index (χ1n) is 6.23. The van der Waals surface area contributed by atoms with Crippen LogP contribution in [0.5, 0.6) is 5.75 Å². The third kappa shape index (κ3) is 4.06. The van der Waals surface area contributed by atoms with Crippen LogP contribution in [0.1, 0.15) is 13.3 Å². The van der Waals surface area contributed by atoms with Crippen LogP contribution in [0.4, 0.5) is 10.8 Å². The van der Waals surface area contributed by atoms with Gasteiger partial charge in [-0.25, -0.2) is 9.71 Å². The maximum atomic E-state index is 11.7. The lowest BCUT2D eigenvalue weighted by Gasteiger charge is -2.05. The Balaban J connectivity index is 2.16. The van der Waals surface area contributed by atoms with Gasteiger partial charge in [-0.1, -0.05) is 6.92 Å². The predicted molar refractivity (Wildman–Crippen MR) is 84.5 cm³/mol. The minimum Gasteiger partial charge on any atom is -0.506 e. The molecule has 5 N–H and O–H groups in total. The molecule has 0 aliphatic rings. The second-order valence-corrected chi connectivity index (χ2v) is 6.67. The molecule has 7 nitrogen and oxygen atoms in total. The van der Waals surface area contributed by atoms with Crippen molar-refractivity contribution in [1.82, 2.24) is 9.71 Å². The summed E-state index contributed by atoms with van der Waals surface area (Å²) >= 11 is 1.17. The molecule has 1 aromatic carbocycles. The molecule has 1 aromatic heterocycles. The van der Waals surface area contributed by atoms with E-state index >= 15 is 0 Å². The van der Waals surface area contributed by atoms with Crippen LogP contribution in [0.25, 0.3) is 11.3 Å². The third-order valence-corrected chi connectivity index (χ3v) is 4.52. The molecule has 0 radical (unpaired) electrons. The molecule has 0 atom stereocenters. The SMILES string of the molecule is CCCNS(=O)(=O)Nc1nc(-c2ccc(O)c(N)c2)cs1. The van der Waals surface area contributed by atoms with Crippen LogP contribution in [0.15, 0.2) is 23.6 Å². The van der Waals surface area contributed by atoms with E-state index in [1.54, 1.807) is 17.5 Å². The van der Waals surface area contributed by atoms with Crippen LogP contribution in [-0.2, 0) is 10.2 Å². The van der Waals surface area contributed by atoms with Gasteiger partial charge < -0.3 is 10.8 Å². The number of phenolic OH excluding ortho intramolecular Hbond substituents is 1. The van der Waals surface area contributed by atoms with Crippen molar-refractivity contribution in [1.29, 1.82) is 0 Å². The van der Waals surface area contributed by atoms with Crippen molar-refractivity contribution in [3.05, 3.63) is 23.6 Å². The molecule has 1 heterocycles. The Labute approximate surface area is 127 Å². The van der Waals surface area contributed by atoms with Gasteiger partial charge in [0.1, 0.15) is 5.75 Å². The molecule has 0 spiro atoms. The molecule has 0 aliphatic heterocycles. The molecule has 21 heavy (non-hydrogen) atoms. The smallest absolute Gasteiger partial charge is 0.300 e. The van der Waals surface area contributed by atoms with E-state index < -0.39 is 10.2 Å². The molecule has 9 heteroatoms. The van der Waals surface area contributed by atoms with Gasteiger partial charge in [0.25, 0.3) is 0 Å². The van der Waals surface area contributed by atoms with Crippen molar-refractivity contribution in [2.75, 3.05) is 17.0 Å². The maximum absolute atomic E-state index is 11.7. The highest BCUT2D eigenvalue weighted by Gasteiger charge is 2.12. The number of aromatic hydroxyl groups is 1. The number of aromatic nitrogens is 1. The molecule has 0 unspecified atom stereocenters. The van der Waals surface area contributed by atoms with E-state index in [2.05, 4.69) is 14.4 Å². The summed E-state index contributed by atoms with van der Waals surface area (Å²) in [4.78, 5) is 4.20.